The Bertz CT molecular complexity index is 362. The molecule has 0 fully saturated rings. The molecule has 0 N–H and O–H groups in total. The molecule has 0 rings (SSSR count). The van der Waals surface area contributed by atoms with E-state index in [1.165, 1.54) is 0 Å². The summed E-state index contributed by atoms with van der Waals surface area (Å²) in [5.74, 6) is 0. The Hall–Kier alpha value is -0.813. The van der Waals surface area contributed by atoms with Crippen molar-refractivity contribution in [1.82, 2.24) is 0 Å². The molecule has 0 unspecified atom stereocenters. The molecule has 0 aliphatic carbocycles. The summed E-state index contributed by atoms with van der Waals surface area (Å²) in [4.78, 5) is 0. The highest BCUT2D eigenvalue weighted by Crippen LogP contribution is 2.43. The van der Waals surface area contributed by atoms with Crippen LogP contribution in [-0.4, -0.2) is 46.7 Å². The highest BCUT2D eigenvalue weighted by molar-refractivity contribution is 6.52. The largest absolute Gasteiger partial charge is 0.729 e. The van der Waals surface area contributed by atoms with E-state index in [9.17, 15) is 56.8 Å². The van der Waals surface area contributed by atoms with Gasteiger partial charge < -0.3 is 4.43 Å². The zero-order valence-electron chi connectivity index (χ0n) is 9.92. The summed E-state index contributed by atoms with van der Waals surface area (Å²) < 4.78 is 164. The summed E-state index contributed by atoms with van der Waals surface area (Å²) in [6.45, 7) is -2.45. The summed E-state index contributed by atoms with van der Waals surface area (Å²) in [6.07, 6.45) is -30.7. The number of halogens is 13. The van der Waals surface area contributed by atoms with Crippen molar-refractivity contribution >= 4 is 9.14 Å². The lowest BCUT2D eigenvalue weighted by atomic mass is 10.6. The van der Waals surface area contributed by atoms with Gasteiger partial charge in [-0.05, 0) is 0 Å². The highest BCUT2D eigenvalue weighted by Gasteiger charge is 2.72. The fraction of sp³-hybridized carbons (Fsp3) is 1.00. The molecule has 17 heteroatoms. The molecule has 3 nitrogen and oxygen atoms in total. The fourth-order valence-corrected chi connectivity index (χ4v) is 1.99. The van der Waals surface area contributed by atoms with Crippen LogP contribution in [0.3, 0.4) is 0 Å². The average molecular weight is 398 g/mol. The van der Waals surface area contributed by atoms with Crippen molar-refractivity contribution in [2.75, 3.05) is 6.61 Å². The van der Waals surface area contributed by atoms with E-state index in [-0.39, 0.29) is 0 Å². The first-order valence-corrected chi connectivity index (χ1v) is 6.34. The molecule has 0 radical (unpaired) electrons. The van der Waals surface area contributed by atoms with Gasteiger partial charge in [-0.15, -0.1) is 0 Å². The molecule has 0 aromatic carbocycles. The molecule has 0 heterocycles. The Balaban J connectivity index is 5.50. The van der Waals surface area contributed by atoms with Crippen LogP contribution >= 0.6 is 0 Å². The number of hydrogen-bond donors (Lipinski definition) is 0. The van der Waals surface area contributed by atoms with Gasteiger partial charge in [0, 0.05) is 0 Å². The predicted octanol–water partition coefficient (Wildman–Crippen LogP) is 4.02. The van der Waals surface area contributed by atoms with Gasteiger partial charge in [-0.3, -0.25) is 8.85 Å². The molecule has 0 atom stereocenters. The van der Waals surface area contributed by atoms with Gasteiger partial charge in [0.1, 0.15) is 6.61 Å². The standard InChI is InChI=1S/C6H3F13O3Si/c7-2(8)1-20-23(19,21-5(15,16)3(9,10)11)22-6(17,18)4(12,13)14/h2H,1H2. The SMILES string of the molecule is FC(F)CO[Si](F)(OC(F)(F)C(F)(F)F)OC(F)(F)C(F)(F)F. The van der Waals surface area contributed by atoms with Crippen molar-refractivity contribution in [3.8, 4) is 0 Å². The Morgan fingerprint density at radius 2 is 1.00 bits per heavy atom. The molecule has 140 valence electrons. The second-order valence-corrected chi connectivity index (χ2v) is 5.08. The molecule has 0 spiro atoms. The van der Waals surface area contributed by atoms with Crippen LogP contribution in [-0.2, 0) is 13.3 Å². The quantitative estimate of drug-likeness (QED) is 0.369. The molecule has 0 aromatic heterocycles. The lowest BCUT2D eigenvalue weighted by Crippen LogP contribution is -2.58. The molecule has 0 saturated carbocycles. The zero-order valence-corrected chi connectivity index (χ0v) is 10.9. The van der Waals surface area contributed by atoms with Crippen LogP contribution in [0.2, 0.25) is 0 Å². The molecule has 0 aliphatic rings. The minimum absolute atomic E-state index is 2.13. The molecule has 0 aromatic rings. The van der Waals surface area contributed by atoms with E-state index in [0.29, 0.717) is 0 Å². The van der Waals surface area contributed by atoms with Gasteiger partial charge in [0.25, 0.3) is 6.43 Å². The molecule has 0 amide bonds. The van der Waals surface area contributed by atoms with E-state index in [2.05, 4.69) is 13.3 Å². The van der Waals surface area contributed by atoms with Crippen LogP contribution in [0.4, 0.5) is 56.8 Å². The first-order chi connectivity index (χ1) is 9.83. The fourth-order valence-electron chi connectivity index (χ4n) is 0.664. The lowest BCUT2D eigenvalue weighted by molar-refractivity contribution is -0.404. The van der Waals surface area contributed by atoms with Gasteiger partial charge in [-0.1, -0.05) is 0 Å². The topological polar surface area (TPSA) is 27.7 Å². The zero-order chi connectivity index (χ0) is 18.9. The monoisotopic (exact) mass is 398 g/mol. The number of hydrogen-bond acceptors (Lipinski definition) is 3. The van der Waals surface area contributed by atoms with Gasteiger partial charge in [0.2, 0.25) is 0 Å². The van der Waals surface area contributed by atoms with Crippen molar-refractivity contribution in [1.29, 1.82) is 0 Å². The maximum Gasteiger partial charge on any atom is 0.729 e. The maximum atomic E-state index is 13.4. The Kier molecular flexibility index (Phi) is 6.36. The predicted molar refractivity (Wildman–Crippen MR) is 43.0 cm³/mol. The van der Waals surface area contributed by atoms with Crippen molar-refractivity contribution < 1.29 is 70.1 Å². The van der Waals surface area contributed by atoms with Crippen molar-refractivity contribution in [3.63, 3.8) is 0 Å². The van der Waals surface area contributed by atoms with Gasteiger partial charge in [-0.25, -0.2) is 12.9 Å². The van der Waals surface area contributed by atoms with Crippen LogP contribution in [0.15, 0.2) is 0 Å². The second kappa shape index (κ2) is 6.59. The average Bonchev–Trinajstić information content (AvgIpc) is 2.21. The summed E-state index contributed by atoms with van der Waals surface area (Å²) in [7, 11) is -7.72. The third-order valence-corrected chi connectivity index (χ3v) is 3.05. The third kappa shape index (κ3) is 6.30. The Morgan fingerprint density at radius 1 is 0.696 bits per heavy atom. The van der Waals surface area contributed by atoms with Crippen LogP contribution in [0.5, 0.6) is 0 Å². The number of rotatable bonds is 7. The molecule has 23 heavy (non-hydrogen) atoms. The maximum absolute atomic E-state index is 13.4. The summed E-state index contributed by atoms with van der Waals surface area (Å²) in [5, 5.41) is 0. The first kappa shape index (κ1) is 22.2. The van der Waals surface area contributed by atoms with E-state index in [0.717, 1.165) is 0 Å². The molecule has 0 bridgehead atoms. The van der Waals surface area contributed by atoms with Crippen LogP contribution in [0.25, 0.3) is 0 Å². The van der Waals surface area contributed by atoms with Crippen LogP contribution < -0.4 is 0 Å². The van der Waals surface area contributed by atoms with Gasteiger partial charge in [0.15, 0.2) is 0 Å². The lowest BCUT2D eigenvalue weighted by Gasteiger charge is -2.30. The molecule has 0 saturated heterocycles. The minimum Gasteiger partial charge on any atom is -0.342 e. The van der Waals surface area contributed by atoms with Gasteiger partial charge >= 0.3 is 33.7 Å². The second-order valence-electron chi connectivity index (χ2n) is 3.42. The Morgan fingerprint density at radius 3 is 1.22 bits per heavy atom. The summed E-state index contributed by atoms with van der Waals surface area (Å²) >= 11 is 0. The number of alkyl halides is 12. The van der Waals surface area contributed by atoms with E-state index in [1.54, 1.807) is 0 Å². The van der Waals surface area contributed by atoms with Crippen LogP contribution in [0, 0.1) is 0 Å². The van der Waals surface area contributed by atoms with Crippen molar-refractivity contribution in [2.45, 2.75) is 31.0 Å². The van der Waals surface area contributed by atoms with E-state index in [4.69, 9.17) is 0 Å². The summed E-state index contributed by atoms with van der Waals surface area (Å²) in [6, 6.07) is 0. The van der Waals surface area contributed by atoms with Crippen molar-refractivity contribution in [3.05, 3.63) is 0 Å². The van der Waals surface area contributed by atoms with Gasteiger partial charge in [-0.2, -0.15) is 43.9 Å². The van der Waals surface area contributed by atoms with E-state index >= 15 is 0 Å². The van der Waals surface area contributed by atoms with E-state index < -0.39 is 46.7 Å². The smallest absolute Gasteiger partial charge is 0.342 e. The highest BCUT2D eigenvalue weighted by atomic mass is 28.4. The first-order valence-electron chi connectivity index (χ1n) is 4.73. The summed E-state index contributed by atoms with van der Waals surface area (Å²) in [5.41, 5.74) is 0. The molecular weight excluding hydrogens is 395 g/mol. The van der Waals surface area contributed by atoms with Gasteiger partial charge in [0.05, 0.1) is 0 Å². The minimum atomic E-state index is -7.72. The van der Waals surface area contributed by atoms with Crippen molar-refractivity contribution in [2.24, 2.45) is 0 Å². The normalized spacial score (nSPS) is 15.4. The molecular formula is C6H3F13O3Si. The third-order valence-electron chi connectivity index (χ3n) is 1.54. The Labute approximate surface area is 118 Å². The molecule has 0 aliphatic heterocycles. The van der Waals surface area contributed by atoms with E-state index in [1.807, 2.05) is 0 Å². The van der Waals surface area contributed by atoms with Crippen LogP contribution in [0.1, 0.15) is 0 Å².